The van der Waals surface area contributed by atoms with Crippen molar-refractivity contribution in [2.45, 2.75) is 24.8 Å². The zero-order valence-electron chi connectivity index (χ0n) is 12.3. The minimum atomic E-state index is -1.00. The third-order valence-corrected chi connectivity index (χ3v) is 4.24. The summed E-state index contributed by atoms with van der Waals surface area (Å²) in [4.78, 5) is 19.7. The maximum atomic E-state index is 11.3. The summed E-state index contributed by atoms with van der Waals surface area (Å²) >= 11 is 0. The molecule has 0 aromatic carbocycles. The first-order chi connectivity index (χ1) is 9.35. The van der Waals surface area contributed by atoms with Gasteiger partial charge < -0.3 is 20.6 Å². The summed E-state index contributed by atoms with van der Waals surface area (Å²) in [6.07, 6.45) is 4.97. The Morgan fingerprint density at radius 1 is 1.45 bits per heavy atom. The highest BCUT2D eigenvalue weighted by Gasteiger charge is 2.40. The summed E-state index contributed by atoms with van der Waals surface area (Å²) in [7, 11) is 6.03. The molecule has 1 saturated carbocycles. The van der Waals surface area contributed by atoms with Crippen LogP contribution in [-0.4, -0.2) is 54.2 Å². The van der Waals surface area contributed by atoms with Crippen LogP contribution in [0, 0.1) is 0 Å². The van der Waals surface area contributed by atoms with Crippen molar-refractivity contribution in [2.75, 3.05) is 38.3 Å². The first-order valence-electron chi connectivity index (χ1n) is 6.73. The van der Waals surface area contributed by atoms with Crippen LogP contribution in [0.2, 0.25) is 0 Å². The SMILES string of the molecule is CN(CC1(N(C)C)CCC1)c1ncc(N)cc1C(=O)O. The number of hydrogen-bond donors (Lipinski definition) is 2. The zero-order chi connectivity index (χ0) is 14.9. The highest BCUT2D eigenvalue weighted by Crippen LogP contribution is 2.37. The van der Waals surface area contributed by atoms with Gasteiger partial charge in [-0.25, -0.2) is 9.78 Å². The number of anilines is 2. The predicted octanol–water partition coefficient (Wildman–Crippen LogP) is 1.28. The maximum Gasteiger partial charge on any atom is 0.339 e. The van der Waals surface area contributed by atoms with E-state index < -0.39 is 5.97 Å². The Morgan fingerprint density at radius 3 is 2.55 bits per heavy atom. The topological polar surface area (TPSA) is 82.7 Å². The Labute approximate surface area is 119 Å². The largest absolute Gasteiger partial charge is 0.478 e. The Morgan fingerprint density at radius 2 is 2.10 bits per heavy atom. The van der Waals surface area contributed by atoms with E-state index in [4.69, 9.17) is 5.73 Å². The van der Waals surface area contributed by atoms with Gasteiger partial charge in [0.15, 0.2) is 0 Å². The summed E-state index contributed by atoms with van der Waals surface area (Å²) in [5.74, 6) is -0.529. The van der Waals surface area contributed by atoms with Gasteiger partial charge in [-0.2, -0.15) is 0 Å². The Balaban J connectivity index is 2.25. The van der Waals surface area contributed by atoms with Crippen molar-refractivity contribution in [3.63, 3.8) is 0 Å². The molecule has 1 heterocycles. The fraction of sp³-hybridized carbons (Fsp3) is 0.571. The lowest BCUT2D eigenvalue weighted by Gasteiger charge is -2.49. The Kier molecular flexibility index (Phi) is 3.85. The minimum Gasteiger partial charge on any atom is -0.478 e. The fourth-order valence-corrected chi connectivity index (χ4v) is 2.78. The number of nitrogen functional groups attached to an aromatic ring is 1. The number of carboxylic acid groups (broad SMARTS) is 1. The van der Waals surface area contributed by atoms with Gasteiger partial charge in [-0.05, 0) is 39.4 Å². The summed E-state index contributed by atoms with van der Waals surface area (Å²) < 4.78 is 0. The maximum absolute atomic E-state index is 11.3. The molecule has 2 rings (SSSR count). The molecule has 0 atom stereocenters. The predicted molar refractivity (Wildman–Crippen MR) is 79.1 cm³/mol. The number of rotatable bonds is 5. The molecule has 0 saturated heterocycles. The van der Waals surface area contributed by atoms with E-state index in [0.717, 1.165) is 19.4 Å². The van der Waals surface area contributed by atoms with Crippen molar-refractivity contribution in [3.05, 3.63) is 17.8 Å². The molecule has 1 aromatic rings. The average Bonchev–Trinajstić information content (AvgIpc) is 2.32. The molecule has 0 unspecified atom stereocenters. The molecule has 1 fully saturated rings. The molecule has 1 aliphatic carbocycles. The number of carboxylic acids is 1. The smallest absolute Gasteiger partial charge is 0.339 e. The van der Waals surface area contributed by atoms with Crippen LogP contribution < -0.4 is 10.6 Å². The molecular formula is C14H22N4O2. The van der Waals surface area contributed by atoms with E-state index >= 15 is 0 Å². The first kappa shape index (κ1) is 14.6. The molecule has 0 spiro atoms. The molecular weight excluding hydrogens is 256 g/mol. The van der Waals surface area contributed by atoms with Gasteiger partial charge in [0.1, 0.15) is 11.4 Å². The molecule has 6 nitrogen and oxygen atoms in total. The number of likely N-dealkylation sites (N-methyl/N-ethyl adjacent to an activating group) is 2. The molecule has 20 heavy (non-hydrogen) atoms. The van der Waals surface area contributed by atoms with E-state index in [-0.39, 0.29) is 11.1 Å². The van der Waals surface area contributed by atoms with Gasteiger partial charge >= 0.3 is 5.97 Å². The zero-order valence-corrected chi connectivity index (χ0v) is 12.3. The number of hydrogen-bond acceptors (Lipinski definition) is 5. The van der Waals surface area contributed by atoms with Crippen LogP contribution in [0.25, 0.3) is 0 Å². The van der Waals surface area contributed by atoms with Gasteiger partial charge in [0.25, 0.3) is 0 Å². The fourth-order valence-electron chi connectivity index (χ4n) is 2.78. The van der Waals surface area contributed by atoms with Crippen LogP contribution in [0.1, 0.15) is 29.6 Å². The van der Waals surface area contributed by atoms with Crippen molar-refractivity contribution >= 4 is 17.5 Å². The third kappa shape index (κ3) is 2.56. The molecule has 1 aromatic heterocycles. The summed E-state index contributed by atoms with van der Waals surface area (Å²) in [5.41, 5.74) is 6.26. The van der Waals surface area contributed by atoms with E-state index in [1.807, 2.05) is 11.9 Å². The molecule has 110 valence electrons. The van der Waals surface area contributed by atoms with Crippen molar-refractivity contribution in [1.29, 1.82) is 0 Å². The number of carbonyl (C=O) groups is 1. The van der Waals surface area contributed by atoms with E-state index in [1.54, 1.807) is 0 Å². The number of pyridine rings is 1. The Hall–Kier alpha value is -1.82. The molecule has 6 heteroatoms. The van der Waals surface area contributed by atoms with Gasteiger partial charge in [0, 0.05) is 19.1 Å². The van der Waals surface area contributed by atoms with Gasteiger partial charge in [0.05, 0.1) is 11.9 Å². The second-order valence-electron chi connectivity index (χ2n) is 5.77. The van der Waals surface area contributed by atoms with Crippen LogP contribution >= 0.6 is 0 Å². The van der Waals surface area contributed by atoms with Crippen LogP contribution in [0.3, 0.4) is 0 Å². The highest BCUT2D eigenvalue weighted by atomic mass is 16.4. The van der Waals surface area contributed by atoms with Gasteiger partial charge in [-0.15, -0.1) is 0 Å². The third-order valence-electron chi connectivity index (χ3n) is 4.24. The van der Waals surface area contributed by atoms with Crippen LogP contribution in [-0.2, 0) is 0 Å². The van der Waals surface area contributed by atoms with E-state index in [9.17, 15) is 9.90 Å². The Bertz CT molecular complexity index is 512. The van der Waals surface area contributed by atoms with Crippen LogP contribution in [0.4, 0.5) is 11.5 Å². The van der Waals surface area contributed by atoms with E-state index in [2.05, 4.69) is 24.0 Å². The summed E-state index contributed by atoms with van der Waals surface area (Å²) in [6, 6.07) is 1.46. The number of nitrogens with two attached hydrogens (primary N) is 1. The second kappa shape index (κ2) is 5.28. The van der Waals surface area contributed by atoms with Gasteiger partial charge in [-0.1, -0.05) is 0 Å². The molecule has 0 aliphatic heterocycles. The second-order valence-corrected chi connectivity index (χ2v) is 5.77. The van der Waals surface area contributed by atoms with E-state index in [1.165, 1.54) is 18.7 Å². The quantitative estimate of drug-likeness (QED) is 0.844. The molecule has 3 N–H and O–H groups in total. The van der Waals surface area contributed by atoms with Crippen LogP contribution in [0.15, 0.2) is 12.3 Å². The summed E-state index contributed by atoms with van der Waals surface area (Å²) in [5, 5.41) is 9.29. The van der Waals surface area contributed by atoms with Crippen molar-refractivity contribution in [3.8, 4) is 0 Å². The average molecular weight is 278 g/mol. The van der Waals surface area contributed by atoms with E-state index in [0.29, 0.717) is 11.5 Å². The van der Waals surface area contributed by atoms with Crippen molar-refractivity contribution in [1.82, 2.24) is 9.88 Å². The molecule has 0 amide bonds. The molecule has 0 radical (unpaired) electrons. The monoisotopic (exact) mass is 278 g/mol. The molecule has 1 aliphatic rings. The standard InChI is InChI=1S/C14H22N4O2/c1-17(2)14(5-4-6-14)9-18(3)12-11(13(19)20)7-10(15)8-16-12/h7-8H,4-6,9,15H2,1-3H3,(H,19,20). The highest BCUT2D eigenvalue weighted by molar-refractivity contribution is 5.94. The van der Waals surface area contributed by atoms with Crippen LogP contribution in [0.5, 0.6) is 0 Å². The first-order valence-corrected chi connectivity index (χ1v) is 6.73. The van der Waals surface area contributed by atoms with Gasteiger partial charge in [0.2, 0.25) is 0 Å². The lowest BCUT2D eigenvalue weighted by molar-refractivity contribution is 0.0669. The minimum absolute atomic E-state index is 0.119. The lowest BCUT2D eigenvalue weighted by atomic mass is 9.75. The normalized spacial score (nSPS) is 16.8. The molecule has 0 bridgehead atoms. The summed E-state index contributed by atoms with van der Waals surface area (Å²) in [6.45, 7) is 0.761. The number of aromatic nitrogens is 1. The van der Waals surface area contributed by atoms with Gasteiger partial charge in [-0.3, -0.25) is 0 Å². The number of aromatic carboxylic acids is 1. The number of nitrogens with zero attached hydrogens (tertiary/aromatic N) is 3. The van der Waals surface area contributed by atoms with Crippen molar-refractivity contribution in [2.24, 2.45) is 0 Å². The lowest BCUT2D eigenvalue weighted by Crippen LogP contribution is -2.57. The van der Waals surface area contributed by atoms with Crippen molar-refractivity contribution < 1.29 is 9.90 Å².